The maximum absolute atomic E-state index is 14.1. The first-order chi connectivity index (χ1) is 23.7. The van der Waals surface area contributed by atoms with Gasteiger partial charge in [0.25, 0.3) is 0 Å². The number of carbonyl (C=O) groups is 3. The number of hydrogen-bond donors (Lipinski definition) is 2. The van der Waals surface area contributed by atoms with E-state index in [1.54, 1.807) is 13.8 Å². The summed E-state index contributed by atoms with van der Waals surface area (Å²) in [5, 5.41) is 21.9. The number of aliphatic hydroxyl groups is 1. The van der Waals surface area contributed by atoms with Crippen LogP contribution in [0.2, 0.25) is 0 Å². The molecule has 8 heteroatoms. The lowest BCUT2D eigenvalue weighted by atomic mass is 9.33. The third kappa shape index (κ3) is 5.99. The van der Waals surface area contributed by atoms with Crippen LogP contribution >= 0.6 is 0 Å². The van der Waals surface area contributed by atoms with Crippen molar-refractivity contribution >= 4 is 17.7 Å². The number of carboxylic acid groups (broad SMARTS) is 1. The Morgan fingerprint density at radius 1 is 0.882 bits per heavy atom. The Kier molecular flexibility index (Phi) is 10.1. The number of Topliss-reactive ketones (excluding diaryl/α,β-unsaturated/α-hetero) is 1. The smallest absolute Gasteiger partial charge is 0.309 e. The molecular weight excluding hydrogens is 640 g/mol. The van der Waals surface area contributed by atoms with E-state index in [1.807, 2.05) is 0 Å². The molecule has 0 spiro atoms. The molecule has 0 aromatic carbocycles. The molecule has 0 radical (unpaired) electrons. The highest BCUT2D eigenvalue weighted by molar-refractivity contribution is 6.00. The summed E-state index contributed by atoms with van der Waals surface area (Å²) in [7, 11) is 0. The fraction of sp³-hybridized carbons (Fsp3) is 0.884. The molecule has 1 heterocycles. The summed E-state index contributed by atoms with van der Waals surface area (Å²) < 4.78 is 6.17. The molecule has 8 nitrogen and oxygen atoms in total. The van der Waals surface area contributed by atoms with E-state index in [-0.39, 0.29) is 45.9 Å². The number of aliphatic hydroxyl groups excluding tert-OH is 1. The molecular formula is C43H70N2O6. The van der Waals surface area contributed by atoms with Crippen LogP contribution in [0.15, 0.2) is 11.1 Å². The van der Waals surface area contributed by atoms with E-state index < -0.39 is 28.9 Å². The van der Waals surface area contributed by atoms with Gasteiger partial charge in [-0.25, -0.2) is 0 Å². The summed E-state index contributed by atoms with van der Waals surface area (Å²) >= 11 is 0. The van der Waals surface area contributed by atoms with Gasteiger partial charge in [0.1, 0.15) is 6.10 Å². The van der Waals surface area contributed by atoms with Crippen LogP contribution in [0.1, 0.15) is 133 Å². The number of carboxylic acids is 1. The quantitative estimate of drug-likeness (QED) is 0.239. The highest BCUT2D eigenvalue weighted by Crippen LogP contribution is 2.77. The Balaban J connectivity index is 1.27. The summed E-state index contributed by atoms with van der Waals surface area (Å²) in [5.41, 5.74) is 0.749. The number of ketones is 1. The van der Waals surface area contributed by atoms with Gasteiger partial charge < -0.3 is 19.8 Å². The van der Waals surface area contributed by atoms with Gasteiger partial charge in [0, 0.05) is 50.0 Å². The number of hydrogen-bond acceptors (Lipinski definition) is 7. The van der Waals surface area contributed by atoms with E-state index in [2.05, 4.69) is 65.2 Å². The molecule has 6 rings (SSSR count). The third-order valence-electron chi connectivity index (χ3n) is 16.8. The molecule has 5 aliphatic carbocycles. The number of allylic oxidation sites excluding steroid dienone is 1. The number of nitrogens with zero attached hydrogens (tertiary/aromatic N) is 2. The number of β-amino-alcohol motifs (C(OH)–C–C–N with tert-alkyl or cyclic N) is 1. The zero-order valence-electron chi connectivity index (χ0n) is 33.7. The minimum Gasteiger partial charge on any atom is -0.481 e. The molecule has 4 saturated carbocycles. The number of rotatable bonds is 9. The van der Waals surface area contributed by atoms with Crippen molar-refractivity contribution in [2.24, 2.45) is 56.2 Å². The minimum atomic E-state index is -1.16. The molecule has 0 amide bonds. The average molecular weight is 711 g/mol. The molecule has 2 N–H and O–H groups in total. The van der Waals surface area contributed by atoms with Crippen LogP contribution < -0.4 is 0 Å². The van der Waals surface area contributed by atoms with Gasteiger partial charge in [-0.15, -0.1) is 0 Å². The Hall–Kier alpha value is -1.77. The van der Waals surface area contributed by atoms with Crippen LogP contribution in [0.4, 0.5) is 0 Å². The summed E-state index contributed by atoms with van der Waals surface area (Å²) in [6.45, 7) is 27.8. The van der Waals surface area contributed by atoms with E-state index in [0.29, 0.717) is 30.7 Å². The van der Waals surface area contributed by atoms with E-state index in [9.17, 15) is 24.6 Å². The van der Waals surface area contributed by atoms with Crippen LogP contribution in [0.3, 0.4) is 0 Å². The topological polar surface area (TPSA) is 107 Å². The Labute approximate surface area is 308 Å². The van der Waals surface area contributed by atoms with Crippen LogP contribution in [-0.2, 0) is 19.1 Å². The van der Waals surface area contributed by atoms with E-state index in [4.69, 9.17) is 4.74 Å². The van der Waals surface area contributed by atoms with Gasteiger partial charge in [0.2, 0.25) is 0 Å². The van der Waals surface area contributed by atoms with Crippen molar-refractivity contribution < 1.29 is 29.3 Å². The lowest BCUT2D eigenvalue weighted by Gasteiger charge is -2.72. The summed E-state index contributed by atoms with van der Waals surface area (Å²) in [6.07, 6.45) is 7.64. The predicted molar refractivity (Wildman–Crippen MR) is 200 cm³/mol. The van der Waals surface area contributed by atoms with Crippen molar-refractivity contribution in [2.75, 3.05) is 39.3 Å². The molecule has 5 fully saturated rings. The van der Waals surface area contributed by atoms with Gasteiger partial charge in [-0.3, -0.25) is 19.3 Å². The number of piperazine rings is 1. The summed E-state index contributed by atoms with van der Waals surface area (Å²) in [5.74, 6) is 0.237. The van der Waals surface area contributed by atoms with Crippen LogP contribution in [0, 0.1) is 56.2 Å². The van der Waals surface area contributed by atoms with Crippen LogP contribution in [0.5, 0.6) is 0 Å². The van der Waals surface area contributed by atoms with Crippen LogP contribution in [-0.4, -0.2) is 89.2 Å². The Bertz CT molecular complexity index is 1430. The molecule has 6 aliphatic rings. The monoisotopic (exact) mass is 711 g/mol. The number of fused-ring (bicyclic) bond motifs is 7. The second kappa shape index (κ2) is 13.2. The SMILES string of the molecule is CCN1CCN(CC(O)C23CCC4(C)C(CCC5C6(C)CCC(OC(=O)CC(C)(C)C(=O)O)C(C)(C)C6CCC54C)C2=C(C(C)C)C(=O)C3)CC1. The van der Waals surface area contributed by atoms with Crippen LogP contribution in [0.25, 0.3) is 0 Å². The van der Waals surface area contributed by atoms with Gasteiger partial charge in [-0.1, -0.05) is 61.0 Å². The van der Waals surface area contributed by atoms with Gasteiger partial charge in [-0.05, 0) is 117 Å². The Morgan fingerprint density at radius 3 is 2.14 bits per heavy atom. The maximum atomic E-state index is 14.1. The first kappa shape index (κ1) is 38.9. The minimum absolute atomic E-state index is 0.0236. The zero-order chi connectivity index (χ0) is 37.5. The summed E-state index contributed by atoms with van der Waals surface area (Å²) in [4.78, 5) is 43.8. The van der Waals surface area contributed by atoms with E-state index in [1.165, 1.54) is 5.57 Å². The molecule has 0 bridgehead atoms. The highest BCUT2D eigenvalue weighted by Gasteiger charge is 2.71. The van der Waals surface area contributed by atoms with E-state index in [0.717, 1.165) is 89.7 Å². The number of carbonyl (C=O) groups excluding carboxylic acids is 2. The van der Waals surface area contributed by atoms with Crippen molar-refractivity contribution in [3.05, 3.63) is 11.1 Å². The lowest BCUT2D eigenvalue weighted by molar-refractivity contribution is -0.235. The first-order valence-corrected chi connectivity index (χ1v) is 20.5. The lowest BCUT2D eigenvalue weighted by Crippen LogP contribution is -2.66. The molecule has 9 unspecified atom stereocenters. The standard InChI is InChI=1S/C43H70N2O6/c1-11-44-20-22-45(23-21-44)26-32(47)43-19-18-41(9)28(36(43)35(27(2)3)29(46)24-43)12-13-31-40(8)16-15-33(51-34(48)25-38(4,5)37(49)50)39(6,7)30(40)14-17-42(31,41)10/h27-28,30-33,47H,11-26H2,1-10H3,(H,49,50). The number of likely N-dealkylation sites (N-methyl/N-ethyl adjacent to an activating group) is 1. The second-order valence-electron chi connectivity index (χ2n) is 20.3. The largest absolute Gasteiger partial charge is 0.481 e. The second-order valence-corrected chi connectivity index (χ2v) is 20.3. The van der Waals surface area contributed by atoms with Crippen molar-refractivity contribution in [1.82, 2.24) is 9.80 Å². The molecule has 0 aromatic heterocycles. The first-order valence-electron chi connectivity index (χ1n) is 20.5. The molecule has 0 aromatic rings. The van der Waals surface area contributed by atoms with Gasteiger partial charge in [0.15, 0.2) is 5.78 Å². The van der Waals surface area contributed by atoms with Crippen molar-refractivity contribution in [3.8, 4) is 0 Å². The van der Waals surface area contributed by atoms with Crippen molar-refractivity contribution in [2.45, 2.75) is 146 Å². The van der Waals surface area contributed by atoms with Gasteiger partial charge in [-0.2, -0.15) is 0 Å². The maximum Gasteiger partial charge on any atom is 0.309 e. The fourth-order valence-corrected chi connectivity index (χ4v) is 13.6. The molecule has 1 aliphatic heterocycles. The number of ether oxygens (including phenoxy) is 1. The molecule has 1 saturated heterocycles. The number of aliphatic carboxylic acids is 1. The van der Waals surface area contributed by atoms with Gasteiger partial charge >= 0.3 is 11.9 Å². The number of esters is 1. The molecule has 51 heavy (non-hydrogen) atoms. The van der Waals surface area contributed by atoms with Gasteiger partial charge in [0.05, 0.1) is 17.9 Å². The average Bonchev–Trinajstić information content (AvgIpc) is 3.36. The zero-order valence-corrected chi connectivity index (χ0v) is 33.7. The molecule has 9 atom stereocenters. The fourth-order valence-electron chi connectivity index (χ4n) is 13.6. The summed E-state index contributed by atoms with van der Waals surface area (Å²) in [6, 6.07) is 0. The Morgan fingerprint density at radius 2 is 1.53 bits per heavy atom. The highest BCUT2D eigenvalue weighted by atomic mass is 16.5. The van der Waals surface area contributed by atoms with E-state index >= 15 is 0 Å². The van der Waals surface area contributed by atoms with Crippen molar-refractivity contribution in [1.29, 1.82) is 0 Å². The predicted octanol–water partition coefficient (Wildman–Crippen LogP) is 7.38. The third-order valence-corrected chi connectivity index (χ3v) is 16.8. The normalized spacial score (nSPS) is 40.7. The van der Waals surface area contributed by atoms with Crippen molar-refractivity contribution in [3.63, 3.8) is 0 Å². The molecule has 288 valence electrons.